The maximum absolute atomic E-state index is 3.95. The Labute approximate surface area is 133 Å². The van der Waals surface area contributed by atoms with E-state index >= 15 is 0 Å². The van der Waals surface area contributed by atoms with Gasteiger partial charge in [0.2, 0.25) is 0 Å². The van der Waals surface area contributed by atoms with E-state index in [1.54, 1.807) is 0 Å². The highest BCUT2D eigenvalue weighted by Gasteiger charge is 2.27. The summed E-state index contributed by atoms with van der Waals surface area (Å²) >= 11 is 2.01. The number of nitrogens with zero attached hydrogens (tertiary/aromatic N) is 1. The molecule has 0 aromatic heterocycles. The molecule has 0 radical (unpaired) electrons. The van der Waals surface area contributed by atoms with Gasteiger partial charge in [-0.05, 0) is 62.6 Å². The van der Waals surface area contributed by atoms with Crippen LogP contribution < -0.4 is 5.32 Å². The first-order valence-electron chi connectivity index (χ1n) is 8.48. The minimum Gasteiger partial charge on any atom is -0.307 e. The zero-order chi connectivity index (χ0) is 14.7. The van der Waals surface area contributed by atoms with Crippen LogP contribution >= 0.6 is 11.8 Å². The van der Waals surface area contributed by atoms with E-state index in [9.17, 15) is 0 Å². The molecule has 2 aliphatic rings. The number of benzene rings is 1. The average molecular weight is 305 g/mol. The summed E-state index contributed by atoms with van der Waals surface area (Å²) in [7, 11) is 0. The zero-order valence-electron chi connectivity index (χ0n) is 13.3. The lowest BCUT2D eigenvalue weighted by atomic mass is 9.90. The van der Waals surface area contributed by atoms with Crippen LogP contribution in [-0.4, -0.2) is 36.3 Å². The molecular weight excluding hydrogens is 276 g/mol. The van der Waals surface area contributed by atoms with Crippen LogP contribution in [0.15, 0.2) is 29.2 Å². The number of fused-ring (bicyclic) bond motifs is 1. The number of hydrogen-bond acceptors (Lipinski definition) is 3. The Morgan fingerprint density at radius 2 is 2.19 bits per heavy atom. The van der Waals surface area contributed by atoms with Gasteiger partial charge in [0.15, 0.2) is 0 Å². The third kappa shape index (κ3) is 3.64. The molecule has 0 spiro atoms. The van der Waals surface area contributed by atoms with Crippen LogP contribution in [0.2, 0.25) is 0 Å². The van der Waals surface area contributed by atoms with Gasteiger partial charge in [-0.15, -0.1) is 11.8 Å². The van der Waals surface area contributed by atoms with E-state index in [1.807, 2.05) is 11.8 Å². The predicted octanol–water partition coefficient (Wildman–Crippen LogP) is 3.93. The molecular formula is C18H28N2S. The number of rotatable bonds is 4. The van der Waals surface area contributed by atoms with Crippen molar-refractivity contribution in [2.45, 2.75) is 50.1 Å². The van der Waals surface area contributed by atoms with E-state index in [-0.39, 0.29) is 0 Å². The Bertz CT molecular complexity index is 462. The minimum atomic E-state index is 0.550. The van der Waals surface area contributed by atoms with Gasteiger partial charge in [0.05, 0.1) is 0 Å². The number of nitrogens with one attached hydrogen (secondary N) is 1. The molecule has 3 atom stereocenters. The molecule has 116 valence electrons. The summed E-state index contributed by atoms with van der Waals surface area (Å²) in [6.07, 6.45) is 4.01. The second-order valence-electron chi connectivity index (χ2n) is 6.48. The molecule has 1 saturated heterocycles. The minimum absolute atomic E-state index is 0.550. The first kappa shape index (κ1) is 15.4. The molecule has 3 unspecified atom stereocenters. The van der Waals surface area contributed by atoms with Crippen molar-refractivity contribution in [3.8, 4) is 0 Å². The molecule has 1 N–H and O–H groups in total. The standard InChI is InChI=1S/C18H28N2S/c1-3-20-11-6-7-15(13-20)14(2)19-17-10-12-21-18-9-5-4-8-16(17)18/h4-5,8-9,14-15,17,19H,3,6-7,10-13H2,1-2H3. The molecule has 1 aromatic rings. The van der Waals surface area contributed by atoms with Crippen molar-refractivity contribution >= 4 is 11.8 Å². The zero-order valence-corrected chi connectivity index (χ0v) is 14.2. The van der Waals surface area contributed by atoms with Crippen molar-refractivity contribution in [3.05, 3.63) is 29.8 Å². The smallest absolute Gasteiger partial charge is 0.0341 e. The topological polar surface area (TPSA) is 15.3 Å². The number of piperidine rings is 1. The highest BCUT2D eigenvalue weighted by Crippen LogP contribution is 2.36. The van der Waals surface area contributed by atoms with E-state index in [0.29, 0.717) is 12.1 Å². The molecule has 2 aliphatic heterocycles. The third-order valence-electron chi connectivity index (χ3n) is 5.12. The molecule has 2 heterocycles. The lowest BCUT2D eigenvalue weighted by molar-refractivity contribution is 0.152. The lowest BCUT2D eigenvalue weighted by Gasteiger charge is -2.38. The van der Waals surface area contributed by atoms with E-state index in [1.165, 1.54) is 55.1 Å². The van der Waals surface area contributed by atoms with Crippen LogP contribution in [0.3, 0.4) is 0 Å². The summed E-state index contributed by atoms with van der Waals surface area (Å²) in [6.45, 7) is 8.45. The Hall–Kier alpha value is -0.510. The molecule has 21 heavy (non-hydrogen) atoms. The average Bonchev–Trinajstić information content (AvgIpc) is 2.55. The van der Waals surface area contributed by atoms with Crippen LogP contribution in [-0.2, 0) is 0 Å². The first-order chi connectivity index (χ1) is 10.3. The van der Waals surface area contributed by atoms with Crippen LogP contribution in [0.5, 0.6) is 0 Å². The molecule has 0 bridgehead atoms. The fraction of sp³-hybridized carbons (Fsp3) is 0.667. The van der Waals surface area contributed by atoms with Crippen LogP contribution in [0.1, 0.15) is 44.7 Å². The van der Waals surface area contributed by atoms with Gasteiger partial charge in [-0.2, -0.15) is 0 Å². The second kappa shape index (κ2) is 7.17. The molecule has 0 aliphatic carbocycles. The van der Waals surface area contributed by atoms with E-state index < -0.39 is 0 Å². The number of hydrogen-bond donors (Lipinski definition) is 1. The predicted molar refractivity (Wildman–Crippen MR) is 92.0 cm³/mol. The summed E-state index contributed by atoms with van der Waals surface area (Å²) < 4.78 is 0. The Balaban J connectivity index is 1.64. The van der Waals surface area contributed by atoms with Crippen molar-refractivity contribution in [1.82, 2.24) is 10.2 Å². The van der Waals surface area contributed by atoms with Crippen molar-refractivity contribution in [1.29, 1.82) is 0 Å². The molecule has 2 nitrogen and oxygen atoms in total. The van der Waals surface area contributed by atoms with Gasteiger partial charge < -0.3 is 10.2 Å². The fourth-order valence-electron chi connectivity index (χ4n) is 3.76. The third-order valence-corrected chi connectivity index (χ3v) is 6.24. The van der Waals surface area contributed by atoms with Crippen molar-refractivity contribution in [3.63, 3.8) is 0 Å². The molecule has 3 heteroatoms. The lowest BCUT2D eigenvalue weighted by Crippen LogP contribution is -2.45. The van der Waals surface area contributed by atoms with Gasteiger partial charge in [0.25, 0.3) is 0 Å². The Morgan fingerprint density at radius 1 is 1.33 bits per heavy atom. The fourth-order valence-corrected chi connectivity index (χ4v) is 4.88. The molecule has 0 amide bonds. The summed E-state index contributed by atoms with van der Waals surface area (Å²) in [5.41, 5.74) is 1.52. The second-order valence-corrected chi connectivity index (χ2v) is 7.62. The van der Waals surface area contributed by atoms with Gasteiger partial charge in [0, 0.05) is 23.5 Å². The van der Waals surface area contributed by atoms with Gasteiger partial charge in [-0.25, -0.2) is 0 Å². The molecule has 1 fully saturated rings. The SMILES string of the molecule is CCN1CCCC(C(C)NC2CCSc3ccccc32)C1. The highest BCUT2D eigenvalue weighted by atomic mass is 32.2. The van der Waals surface area contributed by atoms with Crippen LogP contribution in [0.4, 0.5) is 0 Å². The molecule has 1 aromatic carbocycles. The number of likely N-dealkylation sites (tertiary alicyclic amines) is 1. The maximum atomic E-state index is 3.95. The van der Waals surface area contributed by atoms with Gasteiger partial charge in [-0.3, -0.25) is 0 Å². The van der Waals surface area contributed by atoms with Gasteiger partial charge >= 0.3 is 0 Å². The summed E-state index contributed by atoms with van der Waals surface area (Å²) in [5.74, 6) is 2.05. The van der Waals surface area contributed by atoms with E-state index in [0.717, 1.165) is 5.92 Å². The largest absolute Gasteiger partial charge is 0.307 e. The van der Waals surface area contributed by atoms with Gasteiger partial charge in [0.1, 0.15) is 0 Å². The Morgan fingerprint density at radius 3 is 3.05 bits per heavy atom. The monoisotopic (exact) mass is 304 g/mol. The van der Waals surface area contributed by atoms with Crippen LogP contribution in [0, 0.1) is 5.92 Å². The van der Waals surface area contributed by atoms with Crippen molar-refractivity contribution < 1.29 is 0 Å². The van der Waals surface area contributed by atoms with E-state index in [4.69, 9.17) is 0 Å². The van der Waals surface area contributed by atoms with E-state index in [2.05, 4.69) is 48.3 Å². The highest BCUT2D eigenvalue weighted by molar-refractivity contribution is 7.99. The molecule has 0 saturated carbocycles. The van der Waals surface area contributed by atoms with Crippen molar-refractivity contribution in [2.75, 3.05) is 25.4 Å². The number of thioether (sulfide) groups is 1. The van der Waals surface area contributed by atoms with Crippen LogP contribution in [0.25, 0.3) is 0 Å². The maximum Gasteiger partial charge on any atom is 0.0341 e. The Kier molecular flexibility index (Phi) is 5.25. The summed E-state index contributed by atoms with van der Waals surface area (Å²) in [5, 5.41) is 3.95. The quantitative estimate of drug-likeness (QED) is 0.907. The molecule has 3 rings (SSSR count). The van der Waals surface area contributed by atoms with Gasteiger partial charge in [-0.1, -0.05) is 25.1 Å². The summed E-state index contributed by atoms with van der Waals surface area (Å²) in [6, 6.07) is 10.1. The van der Waals surface area contributed by atoms with Crippen molar-refractivity contribution in [2.24, 2.45) is 5.92 Å². The summed E-state index contributed by atoms with van der Waals surface area (Å²) in [4.78, 5) is 4.09. The first-order valence-corrected chi connectivity index (χ1v) is 9.46. The normalized spacial score (nSPS) is 28.1.